The molecule has 0 aliphatic carbocycles. The zero-order valence-corrected chi connectivity index (χ0v) is 27.7. The molecule has 2 aromatic rings. The van der Waals surface area contributed by atoms with Crippen molar-refractivity contribution in [1.82, 2.24) is 19.6 Å². The van der Waals surface area contributed by atoms with Gasteiger partial charge in [-0.1, -0.05) is 24.3 Å². The van der Waals surface area contributed by atoms with Gasteiger partial charge in [0.1, 0.15) is 5.75 Å². The van der Waals surface area contributed by atoms with Crippen molar-refractivity contribution >= 4 is 39.6 Å². The summed E-state index contributed by atoms with van der Waals surface area (Å²) in [6.45, 7) is 4.41. The van der Waals surface area contributed by atoms with Gasteiger partial charge in [-0.15, -0.1) is 0 Å². The number of phenolic OH excluding ortho intramolecular Hbond substituents is 1. The number of carbonyl (C=O) groups is 3. The Bertz CT molecular complexity index is 1400. The highest BCUT2D eigenvalue weighted by atomic mass is 79.9. The summed E-state index contributed by atoms with van der Waals surface area (Å²) in [6, 6.07) is 13.2. The molecule has 0 radical (unpaired) electrons. The van der Waals surface area contributed by atoms with E-state index in [4.69, 9.17) is 4.74 Å². The van der Waals surface area contributed by atoms with E-state index in [0.717, 1.165) is 62.0 Å². The molecule has 248 valence electrons. The first-order valence-electron chi connectivity index (χ1n) is 16.5. The summed E-state index contributed by atoms with van der Waals surface area (Å²) in [7, 11) is 0. The van der Waals surface area contributed by atoms with E-state index >= 15 is 0 Å². The Morgan fingerprint density at radius 2 is 1.57 bits per heavy atom. The molecule has 46 heavy (non-hydrogen) atoms. The predicted octanol–water partition coefficient (Wildman–Crippen LogP) is 4.20. The molecule has 2 aromatic carbocycles. The van der Waals surface area contributed by atoms with Gasteiger partial charge in [-0.25, -0.2) is 9.59 Å². The fourth-order valence-corrected chi connectivity index (χ4v) is 7.70. The number of likely N-dealkylation sites (tertiary alicyclic amines) is 3. The van der Waals surface area contributed by atoms with Crippen molar-refractivity contribution in [2.24, 2.45) is 0 Å². The van der Waals surface area contributed by atoms with E-state index in [-0.39, 0.29) is 36.3 Å². The summed E-state index contributed by atoms with van der Waals surface area (Å²) in [4.78, 5) is 48.2. The normalized spacial score (nSPS) is 21.3. The average Bonchev–Trinajstić information content (AvgIpc) is 3.24. The molecule has 1 atom stereocenters. The van der Waals surface area contributed by atoms with E-state index < -0.39 is 12.2 Å². The van der Waals surface area contributed by atoms with Gasteiger partial charge in [0.25, 0.3) is 5.91 Å². The predicted molar refractivity (Wildman–Crippen MR) is 177 cm³/mol. The molecule has 0 bridgehead atoms. The van der Waals surface area contributed by atoms with Crippen molar-refractivity contribution in [2.75, 3.05) is 51.1 Å². The summed E-state index contributed by atoms with van der Waals surface area (Å²) in [5, 5.41) is 22.9. The second-order valence-corrected chi connectivity index (χ2v) is 13.8. The number of aromatic hydroxyl groups is 1. The average molecular weight is 699 g/mol. The van der Waals surface area contributed by atoms with Crippen molar-refractivity contribution in [3.05, 3.63) is 58.1 Å². The van der Waals surface area contributed by atoms with Gasteiger partial charge in [-0.2, -0.15) is 0 Å². The summed E-state index contributed by atoms with van der Waals surface area (Å²) in [5.74, 6) is -0.110. The third-order valence-corrected chi connectivity index (χ3v) is 10.7. The van der Waals surface area contributed by atoms with Crippen molar-refractivity contribution < 1.29 is 29.3 Å². The topological polar surface area (TPSA) is 126 Å². The van der Waals surface area contributed by atoms with Gasteiger partial charge in [-0.05, 0) is 90.2 Å². The zero-order valence-electron chi connectivity index (χ0n) is 26.2. The molecule has 3 saturated heterocycles. The van der Waals surface area contributed by atoms with Crippen LogP contribution in [-0.2, 0) is 22.4 Å². The number of para-hydroxylation sites is 1. The summed E-state index contributed by atoms with van der Waals surface area (Å²) >= 11 is 3.35. The van der Waals surface area contributed by atoms with Crippen LogP contribution < -0.4 is 5.32 Å². The minimum Gasteiger partial charge on any atom is -0.507 e. The molecular weight excluding hydrogens is 654 g/mol. The van der Waals surface area contributed by atoms with Gasteiger partial charge in [0, 0.05) is 70.0 Å². The lowest BCUT2D eigenvalue weighted by molar-refractivity contribution is -0.142. The molecular formula is C34H44BrN5O6. The summed E-state index contributed by atoms with van der Waals surface area (Å²) < 4.78 is 6.50. The maximum absolute atomic E-state index is 13.9. The Morgan fingerprint density at radius 1 is 0.891 bits per heavy atom. The number of phenols is 1. The number of aliphatic hydroxyl groups excluding tert-OH is 1. The number of urea groups is 1. The van der Waals surface area contributed by atoms with Gasteiger partial charge in [0.2, 0.25) is 0 Å². The number of piperidine rings is 3. The quantitative estimate of drug-likeness (QED) is 0.413. The molecule has 0 unspecified atom stereocenters. The molecule has 3 N–H and O–H groups in total. The number of amides is 4. The largest absolute Gasteiger partial charge is 0.507 e. The van der Waals surface area contributed by atoms with E-state index in [1.807, 2.05) is 34.1 Å². The highest BCUT2D eigenvalue weighted by molar-refractivity contribution is 9.10. The standard InChI is InChI=1S/C34H44BrN5O6/c35-28-21-23(5-6-30(28)42)22-31(32(43)38-14-8-25(9-15-38)37-18-12-27(41)13-19-37)46-34(45)39-16-10-26(11-17-39)40-20-7-24-3-1-2-4-29(24)36-33(40)44/h1-6,21,25-27,31,41-42H,7-20,22H2,(H,36,44)/t31-/m1/s1. The number of halogens is 1. The number of rotatable bonds is 6. The first kappa shape index (κ1) is 32.6. The van der Waals surface area contributed by atoms with Crippen molar-refractivity contribution in [3.63, 3.8) is 0 Å². The first-order chi connectivity index (χ1) is 22.2. The number of hydrogen-bond acceptors (Lipinski definition) is 7. The second-order valence-electron chi connectivity index (χ2n) is 12.9. The van der Waals surface area contributed by atoms with E-state index in [9.17, 15) is 24.6 Å². The number of aliphatic hydroxyl groups is 1. The van der Waals surface area contributed by atoms with Gasteiger partial charge < -0.3 is 39.9 Å². The lowest BCUT2D eigenvalue weighted by Gasteiger charge is -2.41. The lowest BCUT2D eigenvalue weighted by Crippen LogP contribution is -2.53. The Morgan fingerprint density at radius 3 is 2.28 bits per heavy atom. The Hall–Kier alpha value is -3.35. The van der Waals surface area contributed by atoms with Crippen LogP contribution in [0.4, 0.5) is 15.3 Å². The minimum atomic E-state index is -1.00. The van der Waals surface area contributed by atoms with Gasteiger partial charge >= 0.3 is 12.1 Å². The van der Waals surface area contributed by atoms with E-state index in [0.29, 0.717) is 56.1 Å². The second kappa shape index (κ2) is 14.6. The minimum absolute atomic E-state index is 0.00889. The summed E-state index contributed by atoms with van der Waals surface area (Å²) in [5.41, 5.74) is 2.73. The molecule has 0 spiro atoms. The lowest BCUT2D eigenvalue weighted by atomic mass is 9.98. The van der Waals surface area contributed by atoms with Crippen LogP contribution in [0.25, 0.3) is 0 Å². The number of nitrogens with zero attached hydrogens (tertiary/aromatic N) is 4. The molecule has 11 nitrogen and oxygen atoms in total. The molecule has 3 fully saturated rings. The van der Waals surface area contributed by atoms with Crippen LogP contribution in [-0.4, -0.2) is 118 Å². The van der Waals surface area contributed by atoms with Crippen molar-refractivity contribution in [1.29, 1.82) is 0 Å². The molecule has 0 saturated carbocycles. The number of anilines is 1. The fourth-order valence-electron chi connectivity index (χ4n) is 7.27. The zero-order chi connectivity index (χ0) is 32.2. The SMILES string of the molecule is O=C(O[C@H](Cc1ccc(O)c(Br)c1)C(=O)N1CCC(N2CCC(O)CC2)CC1)N1CCC(N2CCc3ccccc3NC2=O)CC1. The van der Waals surface area contributed by atoms with E-state index in [2.05, 4.69) is 26.1 Å². The fraction of sp³-hybridized carbons (Fsp3) is 0.559. The smallest absolute Gasteiger partial charge is 0.410 e. The van der Waals surface area contributed by atoms with Crippen LogP contribution >= 0.6 is 15.9 Å². The maximum Gasteiger partial charge on any atom is 0.410 e. The highest BCUT2D eigenvalue weighted by Gasteiger charge is 2.36. The number of carbonyl (C=O) groups excluding carboxylic acids is 3. The molecule has 6 rings (SSSR count). The Labute approximate surface area is 278 Å². The van der Waals surface area contributed by atoms with Gasteiger partial charge in [0.15, 0.2) is 6.10 Å². The number of benzene rings is 2. The van der Waals surface area contributed by atoms with Crippen LogP contribution in [0.15, 0.2) is 46.9 Å². The molecule has 4 heterocycles. The van der Waals surface area contributed by atoms with Crippen LogP contribution in [0.1, 0.15) is 49.7 Å². The Kier molecular flexibility index (Phi) is 10.3. The van der Waals surface area contributed by atoms with Crippen LogP contribution in [0.2, 0.25) is 0 Å². The molecule has 12 heteroatoms. The van der Waals surface area contributed by atoms with Crippen molar-refractivity contribution in [2.45, 2.75) is 75.7 Å². The number of hydrogen-bond donors (Lipinski definition) is 3. The first-order valence-corrected chi connectivity index (χ1v) is 17.3. The van der Waals surface area contributed by atoms with E-state index in [1.165, 1.54) is 0 Å². The molecule has 4 aliphatic rings. The highest BCUT2D eigenvalue weighted by Crippen LogP contribution is 2.28. The summed E-state index contributed by atoms with van der Waals surface area (Å²) in [6.07, 6.45) is 3.74. The number of nitrogens with one attached hydrogen (secondary N) is 1. The van der Waals surface area contributed by atoms with Crippen molar-refractivity contribution in [3.8, 4) is 5.75 Å². The van der Waals surface area contributed by atoms with Crippen LogP contribution in [0.3, 0.4) is 0 Å². The van der Waals surface area contributed by atoms with Gasteiger partial charge in [-0.3, -0.25) is 4.79 Å². The monoisotopic (exact) mass is 697 g/mol. The molecule has 4 aliphatic heterocycles. The van der Waals surface area contributed by atoms with E-state index in [1.54, 1.807) is 23.1 Å². The van der Waals surface area contributed by atoms with Gasteiger partial charge in [0.05, 0.1) is 10.6 Å². The van der Waals surface area contributed by atoms with Crippen LogP contribution in [0.5, 0.6) is 5.75 Å². The molecule has 4 amide bonds. The third-order valence-electron chi connectivity index (χ3n) is 10.0. The number of fused-ring (bicyclic) bond motifs is 1. The molecule has 0 aromatic heterocycles. The third kappa shape index (κ3) is 7.61. The number of ether oxygens (including phenoxy) is 1. The Balaban J connectivity index is 1.07. The van der Waals surface area contributed by atoms with Crippen LogP contribution in [0, 0.1) is 0 Å². The maximum atomic E-state index is 13.9.